The third-order valence-electron chi connectivity index (χ3n) is 3.74. The Kier molecular flexibility index (Phi) is 3.13. The highest BCUT2D eigenvalue weighted by Crippen LogP contribution is 2.37. The average Bonchev–Trinajstić information content (AvgIpc) is 2.96. The number of halogens is 3. The maximum absolute atomic E-state index is 12.8. The lowest BCUT2D eigenvalue weighted by Gasteiger charge is -2.04. The van der Waals surface area contributed by atoms with Crippen LogP contribution in [0.25, 0.3) is 31.6 Å². The molecular weight excluding hydrogens is 319 g/mol. The van der Waals surface area contributed by atoms with Gasteiger partial charge in [0.05, 0.1) is 15.8 Å². The first kappa shape index (κ1) is 14.2. The number of aromatic nitrogens is 1. The van der Waals surface area contributed by atoms with Crippen molar-refractivity contribution < 1.29 is 13.2 Å². The van der Waals surface area contributed by atoms with Gasteiger partial charge in [0.15, 0.2) is 0 Å². The summed E-state index contributed by atoms with van der Waals surface area (Å²) in [5.41, 5.74) is 0.891. The highest BCUT2D eigenvalue weighted by atomic mass is 32.1. The quantitative estimate of drug-likeness (QED) is 0.409. The van der Waals surface area contributed by atoms with Crippen molar-refractivity contribution in [3.05, 3.63) is 66.2 Å². The van der Waals surface area contributed by atoms with Crippen molar-refractivity contribution in [1.29, 1.82) is 0 Å². The molecule has 0 radical (unpaired) electrons. The zero-order valence-electron chi connectivity index (χ0n) is 11.8. The van der Waals surface area contributed by atoms with E-state index in [9.17, 15) is 13.2 Å². The van der Waals surface area contributed by atoms with Crippen LogP contribution in [0.2, 0.25) is 0 Å². The lowest BCUT2D eigenvalue weighted by atomic mass is 10.1. The van der Waals surface area contributed by atoms with Gasteiger partial charge in [-0.25, -0.2) is 4.98 Å². The average molecular weight is 329 g/mol. The standard InChI is InChI=1S/C18H10F3NS/c19-18(20,21)12-8-9-15-16(10-12)23-17(22-15)14-7-3-5-11-4-1-2-6-13(11)14/h1-10H. The van der Waals surface area contributed by atoms with Crippen LogP contribution >= 0.6 is 11.3 Å². The number of nitrogens with zero attached hydrogens (tertiary/aromatic N) is 1. The maximum atomic E-state index is 12.8. The van der Waals surface area contributed by atoms with E-state index in [1.165, 1.54) is 23.5 Å². The molecule has 0 aliphatic heterocycles. The zero-order valence-corrected chi connectivity index (χ0v) is 12.6. The minimum Gasteiger partial charge on any atom is -0.236 e. The molecule has 0 aliphatic rings. The van der Waals surface area contributed by atoms with E-state index >= 15 is 0 Å². The van der Waals surface area contributed by atoms with Crippen LogP contribution in [0.1, 0.15) is 5.56 Å². The predicted molar refractivity (Wildman–Crippen MR) is 87.6 cm³/mol. The third kappa shape index (κ3) is 2.47. The number of benzene rings is 3. The van der Waals surface area contributed by atoms with Gasteiger partial charge in [0.25, 0.3) is 0 Å². The van der Waals surface area contributed by atoms with Crippen molar-refractivity contribution in [2.24, 2.45) is 0 Å². The molecule has 0 N–H and O–H groups in total. The molecule has 0 saturated heterocycles. The molecule has 114 valence electrons. The predicted octanol–water partition coefficient (Wildman–Crippen LogP) is 6.14. The Morgan fingerprint density at radius 3 is 2.48 bits per heavy atom. The van der Waals surface area contributed by atoms with Crippen molar-refractivity contribution in [2.45, 2.75) is 6.18 Å². The van der Waals surface area contributed by atoms with E-state index in [0.717, 1.165) is 27.4 Å². The van der Waals surface area contributed by atoms with Crippen molar-refractivity contribution >= 4 is 32.3 Å². The number of rotatable bonds is 1. The van der Waals surface area contributed by atoms with Crippen molar-refractivity contribution in [2.75, 3.05) is 0 Å². The molecule has 0 amide bonds. The summed E-state index contributed by atoms with van der Waals surface area (Å²) in [7, 11) is 0. The Morgan fingerprint density at radius 1 is 0.870 bits per heavy atom. The van der Waals surface area contributed by atoms with Gasteiger partial charge in [-0.3, -0.25) is 0 Å². The molecule has 4 aromatic rings. The summed E-state index contributed by atoms with van der Waals surface area (Å²) in [6, 6.07) is 17.5. The summed E-state index contributed by atoms with van der Waals surface area (Å²) in [4.78, 5) is 4.51. The summed E-state index contributed by atoms with van der Waals surface area (Å²) < 4.78 is 39.1. The van der Waals surface area contributed by atoms with Crippen LogP contribution in [0.15, 0.2) is 60.7 Å². The molecule has 0 aliphatic carbocycles. The topological polar surface area (TPSA) is 12.9 Å². The fourth-order valence-electron chi connectivity index (χ4n) is 2.63. The van der Waals surface area contributed by atoms with Gasteiger partial charge >= 0.3 is 6.18 Å². The molecule has 0 bridgehead atoms. The van der Waals surface area contributed by atoms with Crippen molar-refractivity contribution in [3.63, 3.8) is 0 Å². The van der Waals surface area contributed by atoms with Gasteiger partial charge in [0.2, 0.25) is 0 Å². The van der Waals surface area contributed by atoms with Gasteiger partial charge in [-0.05, 0) is 29.0 Å². The van der Waals surface area contributed by atoms with E-state index in [4.69, 9.17) is 0 Å². The molecule has 5 heteroatoms. The molecule has 0 unspecified atom stereocenters. The van der Waals surface area contributed by atoms with Gasteiger partial charge in [0, 0.05) is 5.56 Å². The molecule has 1 nitrogen and oxygen atoms in total. The Morgan fingerprint density at radius 2 is 1.65 bits per heavy atom. The molecule has 23 heavy (non-hydrogen) atoms. The van der Waals surface area contributed by atoms with Crippen molar-refractivity contribution in [3.8, 4) is 10.6 Å². The molecule has 0 fully saturated rings. The second kappa shape index (κ2) is 5.06. The van der Waals surface area contributed by atoms with Crippen LogP contribution in [-0.4, -0.2) is 4.98 Å². The van der Waals surface area contributed by atoms with Gasteiger partial charge < -0.3 is 0 Å². The van der Waals surface area contributed by atoms with Gasteiger partial charge in [-0.1, -0.05) is 42.5 Å². The lowest BCUT2D eigenvalue weighted by molar-refractivity contribution is -0.137. The van der Waals surface area contributed by atoms with E-state index in [1.54, 1.807) is 0 Å². The highest BCUT2D eigenvalue weighted by molar-refractivity contribution is 7.21. The van der Waals surface area contributed by atoms with Gasteiger partial charge in [0.1, 0.15) is 5.01 Å². The molecule has 4 rings (SSSR count). The van der Waals surface area contributed by atoms with Crippen LogP contribution in [0.3, 0.4) is 0 Å². The summed E-state index contributed by atoms with van der Waals surface area (Å²) in [6.45, 7) is 0. The number of fused-ring (bicyclic) bond motifs is 2. The SMILES string of the molecule is FC(F)(F)c1ccc2nc(-c3cccc4ccccc34)sc2c1. The van der Waals surface area contributed by atoms with E-state index in [1.807, 2.05) is 42.5 Å². The smallest absolute Gasteiger partial charge is 0.236 e. The summed E-state index contributed by atoms with van der Waals surface area (Å²) in [5.74, 6) is 0. The minimum absolute atomic E-state index is 0.544. The summed E-state index contributed by atoms with van der Waals surface area (Å²) in [5, 5.41) is 2.86. The minimum atomic E-state index is -4.34. The van der Waals surface area contributed by atoms with Crippen LogP contribution in [0.4, 0.5) is 13.2 Å². The first-order valence-corrected chi connectivity index (χ1v) is 7.80. The Labute approximate surface area is 134 Å². The fourth-order valence-corrected chi connectivity index (χ4v) is 3.67. The lowest BCUT2D eigenvalue weighted by Crippen LogP contribution is -2.03. The molecule has 1 heterocycles. The summed E-state index contributed by atoms with van der Waals surface area (Å²) >= 11 is 1.28. The Hall–Kier alpha value is -2.40. The second-order valence-electron chi connectivity index (χ2n) is 5.23. The Balaban J connectivity index is 1.92. The van der Waals surface area contributed by atoms with E-state index in [-0.39, 0.29) is 0 Å². The molecule has 3 aromatic carbocycles. The molecule has 0 saturated carbocycles. The maximum Gasteiger partial charge on any atom is 0.416 e. The van der Waals surface area contributed by atoms with Crippen LogP contribution < -0.4 is 0 Å². The number of thiazole rings is 1. The first-order valence-electron chi connectivity index (χ1n) is 6.98. The molecule has 0 atom stereocenters. The number of hydrogen-bond donors (Lipinski definition) is 0. The third-order valence-corrected chi connectivity index (χ3v) is 4.79. The number of hydrogen-bond acceptors (Lipinski definition) is 2. The first-order chi connectivity index (χ1) is 11.0. The largest absolute Gasteiger partial charge is 0.416 e. The normalized spacial score (nSPS) is 12.1. The van der Waals surface area contributed by atoms with E-state index < -0.39 is 11.7 Å². The second-order valence-corrected chi connectivity index (χ2v) is 6.26. The zero-order chi connectivity index (χ0) is 16.0. The molecule has 1 aromatic heterocycles. The highest BCUT2D eigenvalue weighted by Gasteiger charge is 2.30. The molecular formula is C18H10F3NS. The van der Waals surface area contributed by atoms with Crippen LogP contribution in [-0.2, 0) is 6.18 Å². The summed E-state index contributed by atoms with van der Waals surface area (Å²) in [6.07, 6.45) is -4.34. The van der Waals surface area contributed by atoms with E-state index in [2.05, 4.69) is 4.98 Å². The monoisotopic (exact) mass is 329 g/mol. The molecule has 0 spiro atoms. The van der Waals surface area contributed by atoms with Gasteiger partial charge in [-0.2, -0.15) is 13.2 Å². The van der Waals surface area contributed by atoms with Crippen LogP contribution in [0, 0.1) is 0 Å². The fraction of sp³-hybridized carbons (Fsp3) is 0.0556. The number of alkyl halides is 3. The van der Waals surface area contributed by atoms with Crippen LogP contribution in [0.5, 0.6) is 0 Å². The Bertz CT molecular complexity index is 1010. The van der Waals surface area contributed by atoms with Crippen molar-refractivity contribution in [1.82, 2.24) is 4.98 Å². The van der Waals surface area contributed by atoms with Gasteiger partial charge in [-0.15, -0.1) is 11.3 Å². The van der Waals surface area contributed by atoms with E-state index in [0.29, 0.717) is 10.2 Å².